The molecule has 20 heavy (non-hydrogen) atoms. The Labute approximate surface area is 121 Å². The van der Waals surface area contributed by atoms with Gasteiger partial charge in [-0.05, 0) is 23.6 Å². The van der Waals surface area contributed by atoms with Crippen molar-refractivity contribution >= 4 is 11.3 Å². The van der Waals surface area contributed by atoms with Crippen molar-refractivity contribution in [1.29, 1.82) is 0 Å². The Bertz CT molecular complexity index is 673. The molecule has 4 nitrogen and oxygen atoms in total. The van der Waals surface area contributed by atoms with E-state index in [-0.39, 0.29) is 6.04 Å². The van der Waals surface area contributed by atoms with Crippen LogP contribution in [0, 0.1) is 0 Å². The molecular formula is C15H16N4S. The number of nitrogens with zero attached hydrogens (tertiary/aromatic N) is 3. The zero-order valence-corrected chi connectivity index (χ0v) is 12.0. The minimum atomic E-state index is -0.149. The van der Waals surface area contributed by atoms with Gasteiger partial charge in [-0.2, -0.15) is 0 Å². The molecule has 0 radical (unpaired) electrons. The lowest BCUT2D eigenvalue weighted by Gasteiger charge is -2.12. The molecule has 0 bridgehead atoms. The summed E-state index contributed by atoms with van der Waals surface area (Å²) in [7, 11) is 2.01. The van der Waals surface area contributed by atoms with Crippen LogP contribution >= 0.6 is 11.3 Å². The monoisotopic (exact) mass is 284 g/mol. The van der Waals surface area contributed by atoms with Gasteiger partial charge < -0.3 is 10.3 Å². The molecule has 0 amide bonds. The topological polar surface area (TPSA) is 56.7 Å². The molecule has 5 heteroatoms. The molecule has 102 valence electrons. The number of hydrogen-bond acceptors (Lipinski definition) is 4. The maximum absolute atomic E-state index is 6.27. The number of nitrogens with two attached hydrogens (primary N) is 1. The minimum absolute atomic E-state index is 0.149. The van der Waals surface area contributed by atoms with Gasteiger partial charge in [0, 0.05) is 25.4 Å². The average Bonchev–Trinajstić information content (AvgIpc) is 3.08. The smallest absolute Gasteiger partial charge is 0.126 e. The van der Waals surface area contributed by atoms with Crippen LogP contribution in [0.4, 0.5) is 0 Å². The van der Waals surface area contributed by atoms with Crippen molar-refractivity contribution in [2.24, 2.45) is 12.8 Å². The fraction of sp³-hybridized carbons (Fsp3) is 0.200. The Hall–Kier alpha value is -1.98. The van der Waals surface area contributed by atoms with Crippen molar-refractivity contribution in [3.8, 4) is 10.6 Å². The number of rotatable bonds is 4. The molecule has 0 aliphatic heterocycles. The van der Waals surface area contributed by atoms with Gasteiger partial charge >= 0.3 is 0 Å². The maximum Gasteiger partial charge on any atom is 0.126 e. The van der Waals surface area contributed by atoms with Crippen molar-refractivity contribution < 1.29 is 0 Å². The molecule has 0 aliphatic carbocycles. The second-order valence-electron chi connectivity index (χ2n) is 4.67. The van der Waals surface area contributed by atoms with E-state index >= 15 is 0 Å². The highest BCUT2D eigenvalue weighted by molar-refractivity contribution is 7.13. The fourth-order valence-corrected chi connectivity index (χ4v) is 3.03. The van der Waals surface area contributed by atoms with E-state index in [1.165, 1.54) is 4.88 Å². The molecule has 0 saturated carbocycles. The summed E-state index contributed by atoms with van der Waals surface area (Å²) in [6.45, 7) is 0. The Morgan fingerprint density at radius 3 is 2.85 bits per heavy atom. The van der Waals surface area contributed by atoms with Crippen LogP contribution < -0.4 is 5.73 Å². The van der Waals surface area contributed by atoms with E-state index in [0.717, 1.165) is 17.2 Å². The summed E-state index contributed by atoms with van der Waals surface area (Å²) in [4.78, 5) is 10.0. The summed E-state index contributed by atoms with van der Waals surface area (Å²) >= 11 is 1.71. The molecule has 0 unspecified atom stereocenters. The predicted octanol–water partition coefficient (Wildman–Crippen LogP) is 2.79. The van der Waals surface area contributed by atoms with Crippen LogP contribution in [-0.2, 0) is 13.5 Å². The Balaban J connectivity index is 1.84. The quantitative estimate of drug-likeness (QED) is 0.801. The third kappa shape index (κ3) is 2.50. The minimum Gasteiger partial charge on any atom is -0.329 e. The second kappa shape index (κ2) is 5.56. The van der Waals surface area contributed by atoms with E-state index in [2.05, 4.69) is 26.0 Å². The van der Waals surface area contributed by atoms with Crippen LogP contribution in [0.3, 0.4) is 0 Å². The molecule has 3 aromatic rings. The fourth-order valence-electron chi connectivity index (χ4n) is 2.26. The highest BCUT2D eigenvalue weighted by Gasteiger charge is 2.16. The summed E-state index contributed by atoms with van der Waals surface area (Å²) in [6.07, 6.45) is 4.37. The molecule has 3 heterocycles. The van der Waals surface area contributed by atoms with E-state index in [0.29, 0.717) is 6.42 Å². The number of imidazole rings is 1. The van der Waals surface area contributed by atoms with Crippen molar-refractivity contribution in [1.82, 2.24) is 14.5 Å². The highest BCUT2D eigenvalue weighted by Crippen LogP contribution is 2.26. The first-order valence-electron chi connectivity index (χ1n) is 6.46. The van der Waals surface area contributed by atoms with Crippen LogP contribution in [0.2, 0.25) is 0 Å². The molecule has 0 aliphatic rings. The lowest BCUT2D eigenvalue weighted by molar-refractivity contribution is 0.626. The number of thiophene rings is 1. The van der Waals surface area contributed by atoms with Crippen LogP contribution in [0.5, 0.6) is 0 Å². The van der Waals surface area contributed by atoms with Gasteiger partial charge in [-0.15, -0.1) is 11.3 Å². The largest absolute Gasteiger partial charge is 0.329 e. The van der Waals surface area contributed by atoms with Gasteiger partial charge in [-0.3, -0.25) is 4.98 Å². The summed E-state index contributed by atoms with van der Waals surface area (Å²) in [5.41, 5.74) is 8.36. The van der Waals surface area contributed by atoms with Crippen molar-refractivity contribution in [3.05, 3.63) is 59.6 Å². The first-order valence-corrected chi connectivity index (χ1v) is 7.34. The van der Waals surface area contributed by atoms with Gasteiger partial charge in [0.1, 0.15) is 5.82 Å². The number of aromatic nitrogens is 3. The normalized spacial score (nSPS) is 12.5. The molecule has 3 rings (SSSR count). The van der Waals surface area contributed by atoms with Crippen LogP contribution in [0.15, 0.2) is 48.1 Å². The molecule has 0 fully saturated rings. The molecule has 0 aromatic carbocycles. The molecule has 1 atom stereocenters. The van der Waals surface area contributed by atoms with E-state index in [1.807, 2.05) is 37.5 Å². The Kier molecular flexibility index (Phi) is 3.62. The standard InChI is InChI=1S/C15H16N4S/c1-19-13(14-6-4-8-20-14)10-18-15(19)12(16)9-11-5-2-3-7-17-11/h2-8,10,12H,9,16H2,1H3/t12-/m0/s1. The van der Waals surface area contributed by atoms with E-state index < -0.39 is 0 Å². The lowest BCUT2D eigenvalue weighted by Crippen LogP contribution is -2.18. The van der Waals surface area contributed by atoms with Gasteiger partial charge in [-0.25, -0.2) is 4.98 Å². The average molecular weight is 284 g/mol. The summed E-state index contributed by atoms with van der Waals surface area (Å²) in [5, 5.41) is 2.07. The molecule has 0 spiro atoms. The van der Waals surface area contributed by atoms with Crippen molar-refractivity contribution in [3.63, 3.8) is 0 Å². The summed E-state index contributed by atoms with van der Waals surface area (Å²) < 4.78 is 2.07. The number of pyridine rings is 1. The van der Waals surface area contributed by atoms with E-state index in [9.17, 15) is 0 Å². The van der Waals surface area contributed by atoms with Crippen molar-refractivity contribution in [2.45, 2.75) is 12.5 Å². The first-order chi connectivity index (χ1) is 9.75. The third-order valence-corrected chi connectivity index (χ3v) is 4.18. The zero-order valence-electron chi connectivity index (χ0n) is 11.2. The van der Waals surface area contributed by atoms with Gasteiger partial charge in [0.15, 0.2) is 0 Å². The Morgan fingerprint density at radius 2 is 2.15 bits per heavy atom. The molecule has 2 N–H and O–H groups in total. The maximum atomic E-state index is 6.27. The van der Waals surface area contributed by atoms with Gasteiger partial charge in [0.2, 0.25) is 0 Å². The van der Waals surface area contributed by atoms with E-state index in [4.69, 9.17) is 5.73 Å². The Morgan fingerprint density at radius 1 is 1.25 bits per heavy atom. The molecule has 0 saturated heterocycles. The first kappa shape index (κ1) is 13.0. The van der Waals surface area contributed by atoms with Gasteiger partial charge in [0.25, 0.3) is 0 Å². The van der Waals surface area contributed by atoms with Gasteiger partial charge in [-0.1, -0.05) is 12.1 Å². The van der Waals surface area contributed by atoms with E-state index in [1.54, 1.807) is 17.5 Å². The lowest BCUT2D eigenvalue weighted by atomic mass is 10.1. The summed E-state index contributed by atoms with van der Waals surface area (Å²) in [5.74, 6) is 0.888. The van der Waals surface area contributed by atoms with Gasteiger partial charge in [0.05, 0.1) is 22.8 Å². The predicted molar refractivity (Wildman–Crippen MR) is 81.4 cm³/mol. The second-order valence-corrected chi connectivity index (χ2v) is 5.62. The van der Waals surface area contributed by atoms with Crippen LogP contribution in [-0.4, -0.2) is 14.5 Å². The van der Waals surface area contributed by atoms with Crippen LogP contribution in [0.1, 0.15) is 17.6 Å². The molecular weight excluding hydrogens is 268 g/mol. The molecule has 3 aromatic heterocycles. The zero-order chi connectivity index (χ0) is 13.9. The summed E-state index contributed by atoms with van der Waals surface area (Å²) in [6, 6.07) is 9.86. The highest BCUT2D eigenvalue weighted by atomic mass is 32.1. The van der Waals surface area contributed by atoms with Crippen LogP contribution in [0.25, 0.3) is 10.6 Å². The van der Waals surface area contributed by atoms with Crippen molar-refractivity contribution in [2.75, 3.05) is 0 Å². The number of hydrogen-bond donors (Lipinski definition) is 1. The third-order valence-electron chi connectivity index (χ3n) is 3.28. The SMILES string of the molecule is Cn1c(-c2cccs2)cnc1[C@@H](N)Cc1ccccn1.